The number of amides is 1. The predicted molar refractivity (Wildman–Crippen MR) is 120 cm³/mol. The normalized spacial score (nSPS) is 11.1. The van der Waals surface area contributed by atoms with Crippen molar-refractivity contribution in [1.29, 1.82) is 0 Å². The Bertz CT molecular complexity index is 1340. The van der Waals surface area contributed by atoms with Crippen LogP contribution in [0.25, 0.3) is 16.7 Å². The van der Waals surface area contributed by atoms with Crippen LogP contribution < -0.4 is 10.9 Å². The van der Waals surface area contributed by atoms with Crippen molar-refractivity contribution in [2.24, 2.45) is 0 Å². The molecule has 1 N–H and O–H groups in total. The van der Waals surface area contributed by atoms with Crippen molar-refractivity contribution in [2.45, 2.75) is 25.5 Å². The Kier molecular flexibility index (Phi) is 5.41. The standard InChI is InChI=1S/C22H21N5O2S/c1-4-11-26-20(29)17-7-5-6-8-18(17)27-21(26)24-25-22(27)30-13-19(28)23-16-10-9-14(2)15(3)12-16/h4-10,12H,1,11,13H2,2-3H3,(H,23,28). The average Bonchev–Trinajstić information content (AvgIpc) is 3.16. The summed E-state index contributed by atoms with van der Waals surface area (Å²) in [6.07, 6.45) is 1.65. The molecule has 1 amide bonds. The van der Waals surface area contributed by atoms with Gasteiger partial charge in [-0.15, -0.1) is 16.8 Å². The highest BCUT2D eigenvalue weighted by molar-refractivity contribution is 7.99. The molecule has 4 rings (SSSR count). The first-order valence-electron chi connectivity index (χ1n) is 9.47. The summed E-state index contributed by atoms with van der Waals surface area (Å²) in [7, 11) is 0. The zero-order valence-electron chi connectivity index (χ0n) is 16.8. The number of hydrogen-bond acceptors (Lipinski definition) is 5. The number of aryl methyl sites for hydroxylation is 2. The van der Waals surface area contributed by atoms with Gasteiger partial charge in [0.25, 0.3) is 5.56 Å². The van der Waals surface area contributed by atoms with Crippen LogP contribution in [0, 0.1) is 13.8 Å². The number of nitrogens with one attached hydrogen (secondary N) is 1. The third kappa shape index (κ3) is 3.61. The van der Waals surface area contributed by atoms with Gasteiger partial charge in [0.2, 0.25) is 11.7 Å². The molecule has 0 radical (unpaired) electrons. The molecule has 0 saturated heterocycles. The van der Waals surface area contributed by atoms with Gasteiger partial charge in [0.15, 0.2) is 5.16 Å². The van der Waals surface area contributed by atoms with Crippen LogP contribution in [-0.2, 0) is 11.3 Å². The molecule has 0 spiro atoms. The number of rotatable bonds is 6. The molecule has 0 bridgehead atoms. The average molecular weight is 420 g/mol. The van der Waals surface area contributed by atoms with Crippen molar-refractivity contribution < 1.29 is 4.79 Å². The number of aromatic nitrogens is 4. The Labute approximate surface area is 177 Å². The van der Waals surface area contributed by atoms with Crippen LogP contribution in [0.3, 0.4) is 0 Å². The van der Waals surface area contributed by atoms with Gasteiger partial charge in [-0.1, -0.05) is 36.0 Å². The fourth-order valence-corrected chi connectivity index (χ4v) is 4.01. The number of carbonyl (C=O) groups excluding carboxylic acids is 1. The smallest absolute Gasteiger partial charge is 0.263 e. The second-order valence-corrected chi connectivity index (χ2v) is 7.92. The lowest BCUT2D eigenvalue weighted by Crippen LogP contribution is -2.22. The second kappa shape index (κ2) is 8.16. The van der Waals surface area contributed by atoms with E-state index in [0.717, 1.165) is 11.3 Å². The summed E-state index contributed by atoms with van der Waals surface area (Å²) in [5.74, 6) is 0.460. The van der Waals surface area contributed by atoms with E-state index in [-0.39, 0.29) is 17.2 Å². The van der Waals surface area contributed by atoms with Crippen molar-refractivity contribution in [3.05, 3.63) is 76.6 Å². The van der Waals surface area contributed by atoms with Crippen LogP contribution in [-0.4, -0.2) is 30.8 Å². The lowest BCUT2D eigenvalue weighted by atomic mass is 10.1. The molecule has 2 aromatic carbocycles. The van der Waals surface area contributed by atoms with E-state index in [2.05, 4.69) is 22.1 Å². The number of benzene rings is 2. The molecule has 0 saturated carbocycles. The van der Waals surface area contributed by atoms with Crippen LogP contribution in [0.1, 0.15) is 11.1 Å². The molecule has 30 heavy (non-hydrogen) atoms. The van der Waals surface area contributed by atoms with E-state index < -0.39 is 0 Å². The van der Waals surface area contributed by atoms with E-state index in [9.17, 15) is 9.59 Å². The summed E-state index contributed by atoms with van der Waals surface area (Å²) in [4.78, 5) is 25.3. The van der Waals surface area contributed by atoms with E-state index >= 15 is 0 Å². The topological polar surface area (TPSA) is 81.3 Å². The Hall–Kier alpha value is -3.39. The van der Waals surface area contributed by atoms with E-state index in [1.165, 1.54) is 21.9 Å². The summed E-state index contributed by atoms with van der Waals surface area (Å²) in [5, 5.41) is 12.5. The molecule has 0 fully saturated rings. The van der Waals surface area contributed by atoms with Gasteiger partial charge in [0.1, 0.15) is 0 Å². The first-order valence-corrected chi connectivity index (χ1v) is 10.5. The zero-order valence-corrected chi connectivity index (χ0v) is 17.6. The minimum atomic E-state index is -0.144. The van der Waals surface area contributed by atoms with Crippen LogP contribution in [0.2, 0.25) is 0 Å². The summed E-state index contributed by atoms with van der Waals surface area (Å²) < 4.78 is 3.34. The number of carbonyl (C=O) groups is 1. The molecule has 4 aromatic rings. The van der Waals surface area contributed by atoms with Crippen LogP contribution in [0.4, 0.5) is 5.69 Å². The molecule has 2 aromatic heterocycles. The highest BCUT2D eigenvalue weighted by atomic mass is 32.2. The number of anilines is 1. The molecule has 0 atom stereocenters. The van der Waals surface area contributed by atoms with Crippen molar-refractivity contribution >= 4 is 40.0 Å². The molecule has 2 heterocycles. The van der Waals surface area contributed by atoms with Gasteiger partial charge in [-0.25, -0.2) is 0 Å². The number of allylic oxidation sites excluding steroid dienone is 1. The second-order valence-electron chi connectivity index (χ2n) is 6.98. The lowest BCUT2D eigenvalue weighted by molar-refractivity contribution is -0.113. The quantitative estimate of drug-likeness (QED) is 0.382. The van der Waals surface area contributed by atoms with E-state index in [1.807, 2.05) is 54.6 Å². The zero-order chi connectivity index (χ0) is 21.3. The lowest BCUT2D eigenvalue weighted by Gasteiger charge is -2.10. The first kappa shape index (κ1) is 19.9. The Morgan fingerprint density at radius 3 is 2.73 bits per heavy atom. The van der Waals surface area contributed by atoms with Gasteiger partial charge < -0.3 is 5.32 Å². The van der Waals surface area contributed by atoms with Crippen LogP contribution in [0.5, 0.6) is 0 Å². The van der Waals surface area contributed by atoms with Crippen LogP contribution >= 0.6 is 11.8 Å². The van der Waals surface area contributed by atoms with Gasteiger partial charge >= 0.3 is 0 Å². The maximum atomic E-state index is 12.8. The fraction of sp³-hybridized carbons (Fsp3) is 0.182. The van der Waals surface area contributed by atoms with Crippen molar-refractivity contribution in [2.75, 3.05) is 11.1 Å². The minimum absolute atomic E-state index is 0.135. The molecule has 0 aliphatic carbocycles. The van der Waals surface area contributed by atoms with Gasteiger partial charge in [0.05, 0.1) is 16.7 Å². The van der Waals surface area contributed by atoms with E-state index in [0.29, 0.717) is 28.4 Å². The van der Waals surface area contributed by atoms with E-state index in [4.69, 9.17) is 0 Å². The largest absolute Gasteiger partial charge is 0.325 e. The number of fused-ring (bicyclic) bond motifs is 3. The third-order valence-electron chi connectivity index (χ3n) is 4.91. The Morgan fingerprint density at radius 1 is 1.17 bits per heavy atom. The maximum absolute atomic E-state index is 12.8. The molecule has 0 aliphatic heterocycles. The summed E-state index contributed by atoms with van der Waals surface area (Å²) in [5.41, 5.74) is 3.62. The first-order chi connectivity index (χ1) is 14.5. The summed E-state index contributed by atoms with van der Waals surface area (Å²) in [6.45, 7) is 8.09. The molecule has 0 aliphatic rings. The van der Waals surface area contributed by atoms with Gasteiger partial charge in [-0.3, -0.25) is 18.6 Å². The third-order valence-corrected chi connectivity index (χ3v) is 5.84. The van der Waals surface area contributed by atoms with Gasteiger partial charge in [0, 0.05) is 12.2 Å². The molecule has 7 nitrogen and oxygen atoms in total. The number of thioether (sulfide) groups is 1. The van der Waals surface area contributed by atoms with Crippen molar-refractivity contribution in [3.63, 3.8) is 0 Å². The highest BCUT2D eigenvalue weighted by Gasteiger charge is 2.17. The van der Waals surface area contributed by atoms with Gasteiger partial charge in [-0.05, 0) is 49.2 Å². The van der Waals surface area contributed by atoms with Crippen LogP contribution in [0.15, 0.2) is 65.1 Å². The predicted octanol–water partition coefficient (Wildman–Crippen LogP) is 3.58. The number of hydrogen-bond donors (Lipinski definition) is 1. The highest BCUT2D eigenvalue weighted by Crippen LogP contribution is 2.22. The van der Waals surface area contributed by atoms with Crippen molar-refractivity contribution in [3.8, 4) is 0 Å². The van der Waals surface area contributed by atoms with E-state index in [1.54, 1.807) is 12.1 Å². The Balaban J connectivity index is 1.65. The summed E-state index contributed by atoms with van der Waals surface area (Å²) >= 11 is 1.27. The molecule has 0 unspecified atom stereocenters. The Morgan fingerprint density at radius 2 is 1.97 bits per heavy atom. The van der Waals surface area contributed by atoms with Gasteiger partial charge in [-0.2, -0.15) is 0 Å². The SMILES string of the molecule is C=CCn1c(=O)c2ccccc2n2c(SCC(=O)Nc3ccc(C)c(C)c3)nnc12. The molecular formula is C22H21N5O2S. The minimum Gasteiger partial charge on any atom is -0.325 e. The molecule has 8 heteroatoms. The fourth-order valence-electron chi connectivity index (χ4n) is 3.27. The molecular weight excluding hydrogens is 398 g/mol. The molecule has 152 valence electrons. The summed E-state index contributed by atoms with van der Waals surface area (Å²) in [6, 6.07) is 13.1. The van der Waals surface area contributed by atoms with Crippen molar-refractivity contribution in [1.82, 2.24) is 19.2 Å². The number of nitrogens with zero attached hydrogens (tertiary/aromatic N) is 4. The number of para-hydroxylation sites is 1. The monoisotopic (exact) mass is 419 g/mol. The maximum Gasteiger partial charge on any atom is 0.263 e.